The van der Waals surface area contributed by atoms with Crippen LogP contribution in [0.4, 0.5) is 13.2 Å². The number of halogens is 3. The van der Waals surface area contributed by atoms with Gasteiger partial charge in [0.15, 0.2) is 0 Å². The molecular weight excluding hydrogens is 299 g/mol. The molecule has 1 heterocycles. The second-order valence-corrected chi connectivity index (χ2v) is 5.23. The number of ether oxygens (including phenoxy) is 1. The number of aliphatic hydroxyl groups is 1. The molecular formula is C15H18F3NO3. The van der Waals surface area contributed by atoms with Crippen molar-refractivity contribution in [1.82, 2.24) is 4.90 Å². The van der Waals surface area contributed by atoms with Crippen molar-refractivity contribution < 1.29 is 27.8 Å². The lowest BCUT2D eigenvalue weighted by atomic mass is 10.1. The molecule has 0 radical (unpaired) electrons. The third-order valence-corrected chi connectivity index (χ3v) is 3.69. The number of aliphatic hydroxyl groups excluding tert-OH is 1. The predicted molar refractivity (Wildman–Crippen MR) is 73.1 cm³/mol. The molecule has 1 aliphatic heterocycles. The van der Waals surface area contributed by atoms with Crippen LogP contribution in [-0.2, 0) is 22.1 Å². The molecule has 0 aliphatic carbocycles. The molecule has 1 aromatic carbocycles. The van der Waals surface area contributed by atoms with Crippen molar-refractivity contribution >= 4 is 5.91 Å². The van der Waals surface area contributed by atoms with Crippen molar-refractivity contribution in [3.8, 4) is 0 Å². The Morgan fingerprint density at radius 2 is 2.14 bits per heavy atom. The van der Waals surface area contributed by atoms with E-state index in [1.807, 2.05) is 0 Å². The van der Waals surface area contributed by atoms with Crippen LogP contribution in [0.15, 0.2) is 24.3 Å². The molecule has 1 amide bonds. The van der Waals surface area contributed by atoms with Gasteiger partial charge in [0.2, 0.25) is 5.91 Å². The van der Waals surface area contributed by atoms with Gasteiger partial charge >= 0.3 is 6.18 Å². The molecule has 1 fully saturated rings. The average molecular weight is 317 g/mol. The molecule has 0 unspecified atom stereocenters. The van der Waals surface area contributed by atoms with E-state index in [0.29, 0.717) is 12.1 Å². The number of alkyl halides is 3. The molecule has 2 rings (SSSR count). The summed E-state index contributed by atoms with van der Waals surface area (Å²) in [5, 5.41) is 9.79. The molecule has 7 heteroatoms. The van der Waals surface area contributed by atoms with Crippen LogP contribution in [0, 0.1) is 0 Å². The topological polar surface area (TPSA) is 49.8 Å². The fourth-order valence-electron chi connectivity index (χ4n) is 2.56. The second-order valence-electron chi connectivity index (χ2n) is 5.23. The number of likely N-dealkylation sites (N-methyl/N-ethyl adjacent to an activating group) is 1. The lowest BCUT2D eigenvalue weighted by Gasteiger charge is -2.29. The van der Waals surface area contributed by atoms with Gasteiger partial charge in [-0.15, -0.1) is 0 Å². The molecule has 1 aliphatic rings. The van der Waals surface area contributed by atoms with Gasteiger partial charge in [-0.25, -0.2) is 0 Å². The first-order valence-corrected chi connectivity index (χ1v) is 7.04. The maximum Gasteiger partial charge on any atom is 0.416 e. The molecule has 0 aromatic heterocycles. The number of amides is 1. The third kappa shape index (κ3) is 3.78. The predicted octanol–water partition coefficient (Wildman–Crippen LogP) is 1.86. The molecule has 2 atom stereocenters. The molecule has 1 N–H and O–H groups in total. The summed E-state index contributed by atoms with van der Waals surface area (Å²) in [5.74, 6) is -0.323. The van der Waals surface area contributed by atoms with Crippen LogP contribution in [-0.4, -0.2) is 47.8 Å². The van der Waals surface area contributed by atoms with Gasteiger partial charge in [-0.2, -0.15) is 13.2 Å². The number of hydrogen-bond acceptors (Lipinski definition) is 3. The minimum absolute atomic E-state index is 0.138. The zero-order chi connectivity index (χ0) is 16.3. The van der Waals surface area contributed by atoms with E-state index < -0.39 is 23.9 Å². The number of carbonyl (C=O) groups excluding carboxylic acids is 1. The summed E-state index contributed by atoms with van der Waals surface area (Å²) in [4.78, 5) is 13.8. The summed E-state index contributed by atoms with van der Waals surface area (Å²) in [6.07, 6.45) is -5.33. The number of rotatable bonds is 4. The standard InChI is InChI=1S/C15H18F3NO3/c1-2-19(12-8-22-9-13(12)20)14(21)7-10-4-3-5-11(6-10)15(16,17)18/h3-6,12-13,20H,2,7-9H2,1H3/t12-,13-/m0/s1. The van der Waals surface area contributed by atoms with Crippen LogP contribution >= 0.6 is 0 Å². The quantitative estimate of drug-likeness (QED) is 0.922. The minimum atomic E-state index is -4.43. The highest BCUT2D eigenvalue weighted by Gasteiger charge is 2.34. The van der Waals surface area contributed by atoms with Crippen LogP contribution in [0.3, 0.4) is 0 Å². The SMILES string of the molecule is CCN(C(=O)Cc1cccc(C(F)(F)F)c1)[C@H]1COC[C@@H]1O. The van der Waals surface area contributed by atoms with Gasteiger partial charge in [0.05, 0.1) is 37.3 Å². The Hall–Kier alpha value is -1.60. The Balaban J connectivity index is 2.10. The first kappa shape index (κ1) is 16.8. The van der Waals surface area contributed by atoms with Gasteiger partial charge in [-0.3, -0.25) is 4.79 Å². The molecule has 122 valence electrons. The van der Waals surface area contributed by atoms with Gasteiger partial charge in [-0.05, 0) is 18.6 Å². The Morgan fingerprint density at radius 3 is 2.68 bits per heavy atom. The molecule has 0 spiro atoms. The van der Waals surface area contributed by atoms with Crippen molar-refractivity contribution in [3.05, 3.63) is 35.4 Å². The fraction of sp³-hybridized carbons (Fsp3) is 0.533. The number of carbonyl (C=O) groups is 1. The summed E-state index contributed by atoms with van der Waals surface area (Å²) >= 11 is 0. The summed E-state index contributed by atoms with van der Waals surface area (Å²) in [5.41, 5.74) is -0.475. The van der Waals surface area contributed by atoms with Crippen molar-refractivity contribution in [3.63, 3.8) is 0 Å². The lowest BCUT2D eigenvalue weighted by Crippen LogP contribution is -2.47. The van der Waals surface area contributed by atoms with Gasteiger partial charge < -0.3 is 14.7 Å². The van der Waals surface area contributed by atoms with Crippen molar-refractivity contribution in [1.29, 1.82) is 0 Å². The molecule has 0 bridgehead atoms. The highest BCUT2D eigenvalue weighted by atomic mass is 19.4. The zero-order valence-electron chi connectivity index (χ0n) is 12.1. The Bertz CT molecular complexity index is 533. The fourth-order valence-corrected chi connectivity index (χ4v) is 2.56. The summed E-state index contributed by atoms with van der Waals surface area (Å²) in [7, 11) is 0. The van der Waals surface area contributed by atoms with E-state index in [4.69, 9.17) is 4.74 Å². The maximum absolute atomic E-state index is 12.7. The van der Waals surface area contributed by atoms with E-state index in [0.717, 1.165) is 12.1 Å². The van der Waals surface area contributed by atoms with Gasteiger partial charge in [0.25, 0.3) is 0 Å². The van der Waals surface area contributed by atoms with Crippen molar-refractivity contribution in [2.75, 3.05) is 19.8 Å². The zero-order valence-corrected chi connectivity index (χ0v) is 12.1. The van der Waals surface area contributed by atoms with E-state index in [2.05, 4.69) is 0 Å². The minimum Gasteiger partial charge on any atom is -0.388 e. The van der Waals surface area contributed by atoms with E-state index in [-0.39, 0.29) is 25.5 Å². The highest BCUT2D eigenvalue weighted by molar-refractivity contribution is 5.79. The maximum atomic E-state index is 12.7. The van der Waals surface area contributed by atoms with Crippen molar-refractivity contribution in [2.24, 2.45) is 0 Å². The highest BCUT2D eigenvalue weighted by Crippen LogP contribution is 2.29. The number of benzene rings is 1. The smallest absolute Gasteiger partial charge is 0.388 e. The molecule has 22 heavy (non-hydrogen) atoms. The molecule has 1 saturated heterocycles. The monoisotopic (exact) mass is 317 g/mol. The van der Waals surface area contributed by atoms with E-state index in [9.17, 15) is 23.1 Å². The van der Waals surface area contributed by atoms with E-state index in [1.165, 1.54) is 17.0 Å². The van der Waals surface area contributed by atoms with Crippen LogP contribution in [0.2, 0.25) is 0 Å². The van der Waals surface area contributed by atoms with Crippen LogP contribution in [0.5, 0.6) is 0 Å². The van der Waals surface area contributed by atoms with Crippen LogP contribution < -0.4 is 0 Å². The van der Waals surface area contributed by atoms with Crippen molar-refractivity contribution in [2.45, 2.75) is 31.7 Å². The van der Waals surface area contributed by atoms with Gasteiger partial charge in [0.1, 0.15) is 0 Å². The van der Waals surface area contributed by atoms with Crippen LogP contribution in [0.25, 0.3) is 0 Å². The molecule has 4 nitrogen and oxygen atoms in total. The number of hydrogen-bond donors (Lipinski definition) is 1. The van der Waals surface area contributed by atoms with E-state index in [1.54, 1.807) is 6.92 Å². The van der Waals surface area contributed by atoms with Gasteiger partial charge in [-0.1, -0.05) is 18.2 Å². The Labute approximate surface area is 126 Å². The molecule has 0 saturated carbocycles. The van der Waals surface area contributed by atoms with E-state index >= 15 is 0 Å². The first-order valence-electron chi connectivity index (χ1n) is 7.04. The number of nitrogens with zero attached hydrogens (tertiary/aromatic N) is 1. The summed E-state index contributed by atoms with van der Waals surface area (Å²) < 4.78 is 43.2. The normalized spacial score (nSPS) is 21.9. The Morgan fingerprint density at radius 1 is 1.41 bits per heavy atom. The first-order chi connectivity index (χ1) is 10.3. The lowest BCUT2D eigenvalue weighted by molar-refractivity contribution is -0.138. The third-order valence-electron chi connectivity index (χ3n) is 3.69. The summed E-state index contributed by atoms with van der Waals surface area (Å²) in [6, 6.07) is 4.29. The average Bonchev–Trinajstić information content (AvgIpc) is 2.85. The van der Waals surface area contributed by atoms with Crippen LogP contribution in [0.1, 0.15) is 18.1 Å². The Kier molecular flexibility index (Phi) is 5.08. The molecule has 1 aromatic rings. The second kappa shape index (κ2) is 6.66. The summed E-state index contributed by atoms with van der Waals surface area (Å²) in [6.45, 7) is 2.53. The largest absolute Gasteiger partial charge is 0.416 e. The van der Waals surface area contributed by atoms with Gasteiger partial charge in [0, 0.05) is 6.54 Å².